The molecule has 0 aliphatic carbocycles. The van der Waals surface area contributed by atoms with Crippen LogP contribution in [0.1, 0.15) is 36.1 Å². The molecule has 0 saturated heterocycles. The number of methoxy groups -OCH3 is 1. The fraction of sp³-hybridized carbons (Fsp3) is 0.333. The van der Waals surface area contributed by atoms with Gasteiger partial charge in [0.1, 0.15) is 5.75 Å². The predicted molar refractivity (Wildman–Crippen MR) is 93.3 cm³/mol. The van der Waals surface area contributed by atoms with Gasteiger partial charge in [0.05, 0.1) is 18.8 Å². The molecule has 0 amide bonds. The highest BCUT2D eigenvalue weighted by Crippen LogP contribution is 2.35. The van der Waals surface area contributed by atoms with Crippen LogP contribution in [-0.4, -0.2) is 7.11 Å². The largest absolute Gasteiger partial charge is 0.495 e. The van der Waals surface area contributed by atoms with Crippen molar-refractivity contribution in [2.24, 2.45) is 0 Å². The second-order valence-electron chi connectivity index (χ2n) is 5.32. The zero-order valence-electron chi connectivity index (χ0n) is 13.0. The summed E-state index contributed by atoms with van der Waals surface area (Å²) in [4.78, 5) is 0. The van der Waals surface area contributed by atoms with Crippen LogP contribution < -0.4 is 10.1 Å². The van der Waals surface area contributed by atoms with Crippen molar-refractivity contribution in [2.45, 2.75) is 33.2 Å². The molecule has 1 N–H and O–H groups in total. The zero-order chi connectivity index (χ0) is 15.4. The van der Waals surface area contributed by atoms with Crippen molar-refractivity contribution in [1.82, 2.24) is 0 Å². The van der Waals surface area contributed by atoms with Crippen LogP contribution in [0.2, 0.25) is 0 Å². The lowest BCUT2D eigenvalue weighted by Crippen LogP contribution is -2.11. The van der Waals surface area contributed by atoms with Gasteiger partial charge in [0.25, 0.3) is 0 Å². The molecule has 2 nitrogen and oxygen atoms in total. The van der Waals surface area contributed by atoms with E-state index in [4.69, 9.17) is 4.74 Å². The van der Waals surface area contributed by atoms with Gasteiger partial charge in [-0.25, -0.2) is 0 Å². The van der Waals surface area contributed by atoms with Gasteiger partial charge in [0.2, 0.25) is 0 Å². The smallest absolute Gasteiger partial charge is 0.143 e. The van der Waals surface area contributed by atoms with E-state index in [1.807, 2.05) is 6.07 Å². The Morgan fingerprint density at radius 2 is 1.81 bits per heavy atom. The molecule has 0 fully saturated rings. The molecule has 112 valence electrons. The van der Waals surface area contributed by atoms with E-state index in [0.29, 0.717) is 0 Å². The third-order valence-electron chi connectivity index (χ3n) is 3.69. The summed E-state index contributed by atoms with van der Waals surface area (Å²) in [6, 6.07) is 13.1. The van der Waals surface area contributed by atoms with Crippen LogP contribution >= 0.6 is 15.9 Å². The fourth-order valence-corrected chi connectivity index (χ4v) is 3.00. The Hall–Kier alpha value is -1.48. The monoisotopic (exact) mass is 347 g/mol. The summed E-state index contributed by atoms with van der Waals surface area (Å²) in [6.45, 7) is 6.40. The number of nitrogens with one attached hydrogen (secondary N) is 1. The highest BCUT2D eigenvalue weighted by molar-refractivity contribution is 9.10. The maximum Gasteiger partial charge on any atom is 0.143 e. The van der Waals surface area contributed by atoms with Crippen molar-refractivity contribution in [2.75, 3.05) is 12.4 Å². The first-order chi connectivity index (χ1) is 10.0. The number of anilines is 1. The molecule has 0 aliphatic rings. The number of benzene rings is 2. The van der Waals surface area contributed by atoms with E-state index in [0.717, 1.165) is 22.3 Å². The number of hydrogen-bond donors (Lipinski definition) is 1. The minimum Gasteiger partial charge on any atom is -0.495 e. The van der Waals surface area contributed by atoms with Crippen LogP contribution in [0.4, 0.5) is 5.69 Å². The van der Waals surface area contributed by atoms with Crippen molar-refractivity contribution in [3.63, 3.8) is 0 Å². The Labute approximate surface area is 135 Å². The lowest BCUT2D eigenvalue weighted by Gasteiger charge is -2.22. The molecular weight excluding hydrogens is 326 g/mol. The van der Waals surface area contributed by atoms with Crippen molar-refractivity contribution in [3.8, 4) is 5.75 Å². The van der Waals surface area contributed by atoms with Gasteiger partial charge >= 0.3 is 0 Å². The lowest BCUT2D eigenvalue weighted by molar-refractivity contribution is 0.415. The third kappa shape index (κ3) is 3.79. The molecule has 0 aromatic heterocycles. The van der Waals surface area contributed by atoms with Crippen LogP contribution in [0.5, 0.6) is 5.75 Å². The topological polar surface area (TPSA) is 21.3 Å². The van der Waals surface area contributed by atoms with Crippen molar-refractivity contribution < 1.29 is 4.74 Å². The molecule has 3 heteroatoms. The van der Waals surface area contributed by atoms with Crippen LogP contribution in [0.15, 0.2) is 40.9 Å². The summed E-state index contributed by atoms with van der Waals surface area (Å²) in [5.74, 6) is 0.868. The van der Waals surface area contributed by atoms with E-state index in [1.54, 1.807) is 7.11 Å². The number of rotatable bonds is 5. The second kappa shape index (κ2) is 6.99. The fourth-order valence-electron chi connectivity index (χ4n) is 2.45. The summed E-state index contributed by atoms with van der Waals surface area (Å²) in [5, 5.41) is 3.63. The number of hydrogen-bond acceptors (Lipinski definition) is 2. The molecule has 1 atom stereocenters. The molecule has 0 spiro atoms. The minimum atomic E-state index is 0.277. The average molecular weight is 348 g/mol. The average Bonchev–Trinajstić information content (AvgIpc) is 2.47. The van der Waals surface area contributed by atoms with E-state index in [1.165, 1.54) is 16.7 Å². The molecule has 21 heavy (non-hydrogen) atoms. The van der Waals surface area contributed by atoms with Gasteiger partial charge in [0.15, 0.2) is 0 Å². The second-order valence-corrected chi connectivity index (χ2v) is 6.23. The summed E-state index contributed by atoms with van der Waals surface area (Å²) < 4.78 is 6.55. The summed E-state index contributed by atoms with van der Waals surface area (Å²) in [5.41, 5.74) is 4.82. The minimum absolute atomic E-state index is 0.277. The predicted octanol–water partition coefficient (Wildman–Crippen LogP) is 5.64. The van der Waals surface area contributed by atoms with Gasteiger partial charge in [-0.05, 0) is 43.5 Å². The molecule has 0 heterocycles. The molecule has 0 saturated carbocycles. The van der Waals surface area contributed by atoms with E-state index < -0.39 is 0 Å². The Morgan fingerprint density at radius 3 is 2.38 bits per heavy atom. The first-order valence-corrected chi connectivity index (χ1v) is 8.01. The first-order valence-electron chi connectivity index (χ1n) is 7.22. The number of ether oxygens (including phenoxy) is 1. The molecular formula is C18H22BrNO. The van der Waals surface area contributed by atoms with Crippen molar-refractivity contribution >= 4 is 21.6 Å². The molecule has 1 unspecified atom stereocenters. The summed E-state index contributed by atoms with van der Waals surface area (Å²) in [7, 11) is 1.71. The van der Waals surface area contributed by atoms with Gasteiger partial charge in [-0.2, -0.15) is 0 Å². The maximum atomic E-state index is 5.51. The molecule has 0 aliphatic heterocycles. The van der Waals surface area contributed by atoms with Crippen molar-refractivity contribution in [3.05, 3.63) is 57.6 Å². The van der Waals surface area contributed by atoms with Crippen LogP contribution in [-0.2, 0) is 0 Å². The standard InChI is InChI=1S/C18H22BrNO/c1-5-16(14-8-6-12(2)7-9-14)20-18-13(3)10-15(19)11-17(18)21-4/h6-11,16,20H,5H2,1-4H3. The molecule has 2 rings (SSSR count). The van der Waals surface area contributed by atoms with E-state index in [2.05, 4.69) is 72.3 Å². The van der Waals surface area contributed by atoms with Gasteiger partial charge < -0.3 is 10.1 Å². The summed E-state index contributed by atoms with van der Waals surface area (Å²) >= 11 is 3.52. The molecule has 2 aromatic rings. The third-order valence-corrected chi connectivity index (χ3v) is 4.15. The Kier molecular flexibility index (Phi) is 5.29. The van der Waals surface area contributed by atoms with Gasteiger partial charge in [-0.15, -0.1) is 0 Å². The van der Waals surface area contributed by atoms with Crippen LogP contribution in [0.3, 0.4) is 0 Å². The SMILES string of the molecule is CCC(Nc1c(C)cc(Br)cc1OC)c1ccc(C)cc1. The molecule has 0 bridgehead atoms. The Morgan fingerprint density at radius 1 is 1.14 bits per heavy atom. The van der Waals surface area contributed by atoms with Gasteiger partial charge in [-0.3, -0.25) is 0 Å². The maximum absolute atomic E-state index is 5.51. The van der Waals surface area contributed by atoms with Crippen LogP contribution in [0, 0.1) is 13.8 Å². The zero-order valence-corrected chi connectivity index (χ0v) is 14.6. The van der Waals surface area contributed by atoms with Gasteiger partial charge in [-0.1, -0.05) is 52.7 Å². The highest BCUT2D eigenvalue weighted by atomic mass is 79.9. The number of aryl methyl sites for hydroxylation is 2. The van der Waals surface area contributed by atoms with Crippen LogP contribution in [0.25, 0.3) is 0 Å². The summed E-state index contributed by atoms with van der Waals surface area (Å²) in [6.07, 6.45) is 1.02. The first kappa shape index (κ1) is 15.9. The highest BCUT2D eigenvalue weighted by Gasteiger charge is 2.14. The van der Waals surface area contributed by atoms with E-state index in [-0.39, 0.29) is 6.04 Å². The normalized spacial score (nSPS) is 12.0. The van der Waals surface area contributed by atoms with E-state index in [9.17, 15) is 0 Å². The van der Waals surface area contributed by atoms with E-state index >= 15 is 0 Å². The molecule has 0 radical (unpaired) electrons. The lowest BCUT2D eigenvalue weighted by atomic mass is 10.0. The number of halogens is 1. The Bertz CT molecular complexity index is 607. The quantitative estimate of drug-likeness (QED) is 0.755. The molecule has 2 aromatic carbocycles. The Balaban J connectivity index is 2.32. The van der Waals surface area contributed by atoms with Crippen molar-refractivity contribution in [1.29, 1.82) is 0 Å². The van der Waals surface area contributed by atoms with Gasteiger partial charge in [0, 0.05) is 4.47 Å².